The zero-order chi connectivity index (χ0) is 18.3. The number of carbonyl (C=O) groups excluding carboxylic acids is 1. The second-order valence-electron chi connectivity index (χ2n) is 5.24. The minimum absolute atomic E-state index is 0.0245. The summed E-state index contributed by atoms with van der Waals surface area (Å²) in [7, 11) is 0. The summed E-state index contributed by atoms with van der Waals surface area (Å²) in [6.45, 7) is 1.78. The SMILES string of the molecule is Cc1ccc(C(F)(F)F)cc1C#CCNC(=O)OCc1ccccc1. The number of hydrogen-bond acceptors (Lipinski definition) is 2. The largest absolute Gasteiger partial charge is 0.445 e. The van der Waals surface area contributed by atoms with Gasteiger partial charge in [0.25, 0.3) is 0 Å². The molecule has 0 radical (unpaired) electrons. The Morgan fingerprint density at radius 3 is 2.56 bits per heavy atom. The fourth-order valence-corrected chi connectivity index (χ4v) is 1.96. The van der Waals surface area contributed by atoms with E-state index in [2.05, 4.69) is 17.2 Å². The van der Waals surface area contributed by atoms with Crippen LogP contribution in [0.25, 0.3) is 0 Å². The average molecular weight is 347 g/mol. The first-order chi connectivity index (χ1) is 11.9. The Balaban J connectivity index is 1.87. The van der Waals surface area contributed by atoms with Crippen LogP contribution in [0.1, 0.15) is 22.3 Å². The number of halogens is 3. The van der Waals surface area contributed by atoms with Gasteiger partial charge < -0.3 is 10.1 Å². The van der Waals surface area contributed by atoms with E-state index in [0.717, 1.165) is 17.7 Å². The lowest BCUT2D eigenvalue weighted by atomic mass is 10.1. The fourth-order valence-electron chi connectivity index (χ4n) is 1.96. The molecule has 6 heteroatoms. The third kappa shape index (κ3) is 5.88. The second kappa shape index (κ2) is 8.25. The van der Waals surface area contributed by atoms with Crippen molar-refractivity contribution in [3.05, 3.63) is 70.8 Å². The molecule has 1 amide bonds. The smallest absolute Gasteiger partial charge is 0.416 e. The number of aryl methyl sites for hydroxylation is 1. The maximum Gasteiger partial charge on any atom is 0.416 e. The number of alkyl halides is 3. The van der Waals surface area contributed by atoms with E-state index < -0.39 is 17.8 Å². The zero-order valence-corrected chi connectivity index (χ0v) is 13.5. The Bertz CT molecular complexity index is 790. The van der Waals surface area contributed by atoms with Crippen molar-refractivity contribution in [3.63, 3.8) is 0 Å². The third-order valence-electron chi connectivity index (χ3n) is 3.32. The number of amides is 1. The van der Waals surface area contributed by atoms with Crippen molar-refractivity contribution >= 4 is 6.09 Å². The van der Waals surface area contributed by atoms with Crippen LogP contribution in [0.15, 0.2) is 48.5 Å². The summed E-state index contributed by atoms with van der Waals surface area (Å²) >= 11 is 0. The van der Waals surface area contributed by atoms with Crippen molar-refractivity contribution in [1.29, 1.82) is 0 Å². The summed E-state index contributed by atoms with van der Waals surface area (Å²) in [5.74, 6) is 5.26. The Morgan fingerprint density at radius 1 is 1.16 bits per heavy atom. The predicted molar refractivity (Wildman–Crippen MR) is 87.7 cm³/mol. The quantitative estimate of drug-likeness (QED) is 0.841. The number of alkyl carbamates (subject to hydrolysis) is 1. The van der Waals surface area contributed by atoms with E-state index >= 15 is 0 Å². The van der Waals surface area contributed by atoms with Gasteiger partial charge in [-0.3, -0.25) is 0 Å². The molecule has 0 saturated heterocycles. The van der Waals surface area contributed by atoms with E-state index in [1.165, 1.54) is 6.07 Å². The summed E-state index contributed by atoms with van der Waals surface area (Å²) in [5, 5.41) is 2.43. The fraction of sp³-hybridized carbons (Fsp3) is 0.211. The molecule has 130 valence electrons. The molecule has 0 unspecified atom stereocenters. The van der Waals surface area contributed by atoms with Crippen molar-refractivity contribution in [2.24, 2.45) is 0 Å². The molecule has 25 heavy (non-hydrogen) atoms. The molecule has 0 atom stereocenters. The molecule has 0 heterocycles. The first-order valence-electron chi connectivity index (χ1n) is 7.47. The topological polar surface area (TPSA) is 38.3 Å². The molecule has 0 fully saturated rings. The van der Waals surface area contributed by atoms with Crippen LogP contribution in [-0.2, 0) is 17.5 Å². The molecule has 2 aromatic rings. The number of rotatable bonds is 3. The second-order valence-corrected chi connectivity index (χ2v) is 5.24. The van der Waals surface area contributed by atoms with Crippen LogP contribution in [0, 0.1) is 18.8 Å². The van der Waals surface area contributed by atoms with Crippen LogP contribution < -0.4 is 5.32 Å². The van der Waals surface area contributed by atoms with Crippen LogP contribution >= 0.6 is 0 Å². The normalized spacial score (nSPS) is 10.6. The van der Waals surface area contributed by atoms with E-state index in [1.54, 1.807) is 6.92 Å². The van der Waals surface area contributed by atoms with E-state index in [1.807, 2.05) is 30.3 Å². The van der Waals surface area contributed by atoms with Gasteiger partial charge in [0, 0.05) is 5.56 Å². The lowest BCUT2D eigenvalue weighted by Crippen LogP contribution is -2.24. The van der Waals surface area contributed by atoms with Crippen LogP contribution in [0.4, 0.5) is 18.0 Å². The van der Waals surface area contributed by atoms with Gasteiger partial charge in [-0.25, -0.2) is 4.79 Å². The van der Waals surface area contributed by atoms with Gasteiger partial charge >= 0.3 is 12.3 Å². The van der Waals surface area contributed by atoms with Gasteiger partial charge in [0.1, 0.15) is 6.61 Å². The predicted octanol–water partition coefficient (Wildman–Crippen LogP) is 4.29. The Morgan fingerprint density at radius 2 is 1.88 bits per heavy atom. The van der Waals surface area contributed by atoms with Crippen LogP contribution in [-0.4, -0.2) is 12.6 Å². The maximum absolute atomic E-state index is 12.7. The van der Waals surface area contributed by atoms with Gasteiger partial charge in [0.2, 0.25) is 0 Å². The maximum atomic E-state index is 12.7. The Kier molecular flexibility index (Phi) is 6.07. The molecule has 0 aliphatic carbocycles. The monoisotopic (exact) mass is 347 g/mol. The number of hydrogen-bond donors (Lipinski definition) is 1. The van der Waals surface area contributed by atoms with Gasteiger partial charge in [-0.05, 0) is 30.2 Å². The summed E-state index contributed by atoms with van der Waals surface area (Å²) in [5.41, 5.74) is 1.00. The molecule has 0 spiro atoms. The number of carbonyl (C=O) groups is 1. The summed E-state index contributed by atoms with van der Waals surface area (Å²) in [6.07, 6.45) is -5.05. The van der Waals surface area contributed by atoms with Crippen molar-refractivity contribution in [3.8, 4) is 11.8 Å². The van der Waals surface area contributed by atoms with Crippen molar-refractivity contribution < 1.29 is 22.7 Å². The molecule has 0 aliphatic rings. The van der Waals surface area contributed by atoms with Crippen molar-refractivity contribution in [2.75, 3.05) is 6.54 Å². The molecular weight excluding hydrogens is 331 g/mol. The van der Waals surface area contributed by atoms with Gasteiger partial charge in [0.05, 0.1) is 12.1 Å². The van der Waals surface area contributed by atoms with Crippen molar-refractivity contribution in [1.82, 2.24) is 5.32 Å². The minimum Gasteiger partial charge on any atom is -0.445 e. The van der Waals surface area contributed by atoms with E-state index in [9.17, 15) is 18.0 Å². The standard InChI is InChI=1S/C19H16F3NO2/c1-14-9-10-17(19(20,21)22)12-16(14)8-5-11-23-18(24)25-13-15-6-3-2-4-7-15/h2-4,6-7,9-10,12H,11,13H2,1H3,(H,23,24). The highest BCUT2D eigenvalue weighted by molar-refractivity contribution is 5.67. The molecular formula is C19H16F3NO2. The zero-order valence-electron chi connectivity index (χ0n) is 13.5. The molecule has 3 nitrogen and oxygen atoms in total. The number of nitrogens with one attached hydrogen (secondary N) is 1. The lowest BCUT2D eigenvalue weighted by Gasteiger charge is -2.08. The summed E-state index contributed by atoms with van der Waals surface area (Å²) in [6, 6.07) is 12.5. The van der Waals surface area contributed by atoms with Gasteiger partial charge in [0.15, 0.2) is 0 Å². The Labute approximate surface area is 143 Å². The average Bonchev–Trinajstić information content (AvgIpc) is 2.58. The van der Waals surface area contributed by atoms with Gasteiger partial charge in [-0.1, -0.05) is 48.2 Å². The highest BCUT2D eigenvalue weighted by Gasteiger charge is 2.30. The summed E-state index contributed by atoms with van der Waals surface area (Å²) in [4.78, 5) is 11.5. The first-order valence-corrected chi connectivity index (χ1v) is 7.47. The van der Waals surface area contributed by atoms with Crippen molar-refractivity contribution in [2.45, 2.75) is 19.7 Å². The third-order valence-corrected chi connectivity index (χ3v) is 3.32. The molecule has 0 saturated carbocycles. The molecule has 0 bridgehead atoms. The summed E-state index contributed by atoms with van der Waals surface area (Å²) < 4.78 is 43.1. The van der Waals surface area contributed by atoms with Crippen LogP contribution in [0.2, 0.25) is 0 Å². The first kappa shape index (κ1) is 18.4. The number of benzene rings is 2. The minimum atomic E-state index is -4.41. The van der Waals surface area contributed by atoms with E-state index in [4.69, 9.17) is 4.74 Å². The van der Waals surface area contributed by atoms with Crippen LogP contribution in [0.3, 0.4) is 0 Å². The molecule has 2 rings (SSSR count). The molecule has 1 N–H and O–H groups in total. The Hall–Kier alpha value is -2.94. The highest BCUT2D eigenvalue weighted by atomic mass is 19.4. The lowest BCUT2D eigenvalue weighted by molar-refractivity contribution is -0.137. The van der Waals surface area contributed by atoms with Gasteiger partial charge in [-0.15, -0.1) is 0 Å². The van der Waals surface area contributed by atoms with Crippen LogP contribution in [0.5, 0.6) is 0 Å². The van der Waals surface area contributed by atoms with E-state index in [-0.39, 0.29) is 18.7 Å². The molecule has 2 aromatic carbocycles. The van der Waals surface area contributed by atoms with Gasteiger partial charge in [-0.2, -0.15) is 13.2 Å². The van der Waals surface area contributed by atoms with E-state index in [0.29, 0.717) is 5.56 Å². The highest BCUT2D eigenvalue weighted by Crippen LogP contribution is 2.30. The molecule has 0 aliphatic heterocycles. The number of ether oxygens (including phenoxy) is 1. The molecule has 0 aromatic heterocycles.